The summed E-state index contributed by atoms with van der Waals surface area (Å²) in [5, 5.41) is 0. The first-order valence-electron chi connectivity index (χ1n) is 6.44. The Morgan fingerprint density at radius 3 is 2.70 bits per heavy atom. The van der Waals surface area contributed by atoms with Gasteiger partial charge in [0.25, 0.3) is 15.9 Å². The van der Waals surface area contributed by atoms with Gasteiger partial charge in [0.05, 0.1) is 5.56 Å². The van der Waals surface area contributed by atoms with E-state index in [9.17, 15) is 13.2 Å². The SMILES string of the molecule is O=C1c2ccc(I)cc2S(=O)(=O)N1CC1CCOCC1. The van der Waals surface area contributed by atoms with Crippen LogP contribution in [0.4, 0.5) is 0 Å². The minimum atomic E-state index is -3.68. The molecular formula is C13H14INO4S. The van der Waals surface area contributed by atoms with Crippen molar-refractivity contribution in [1.82, 2.24) is 4.31 Å². The van der Waals surface area contributed by atoms with Crippen molar-refractivity contribution >= 4 is 38.5 Å². The summed E-state index contributed by atoms with van der Waals surface area (Å²) < 4.78 is 32.1. The molecule has 3 rings (SSSR count). The van der Waals surface area contributed by atoms with E-state index in [0.29, 0.717) is 13.2 Å². The molecule has 0 atom stereocenters. The first-order chi connectivity index (χ1) is 9.50. The van der Waals surface area contributed by atoms with E-state index in [1.807, 2.05) is 22.6 Å². The van der Waals surface area contributed by atoms with Crippen molar-refractivity contribution < 1.29 is 17.9 Å². The van der Waals surface area contributed by atoms with Crippen LogP contribution in [0.15, 0.2) is 23.1 Å². The molecular weight excluding hydrogens is 393 g/mol. The highest BCUT2D eigenvalue weighted by Gasteiger charge is 2.42. The van der Waals surface area contributed by atoms with Gasteiger partial charge in [-0.3, -0.25) is 4.79 Å². The van der Waals surface area contributed by atoms with Gasteiger partial charge >= 0.3 is 0 Å². The maximum Gasteiger partial charge on any atom is 0.269 e. The van der Waals surface area contributed by atoms with Gasteiger partial charge in [-0.2, -0.15) is 0 Å². The topological polar surface area (TPSA) is 63.7 Å². The molecule has 1 aromatic rings. The van der Waals surface area contributed by atoms with Gasteiger partial charge in [0, 0.05) is 23.3 Å². The highest BCUT2D eigenvalue weighted by atomic mass is 127. The van der Waals surface area contributed by atoms with E-state index in [-0.39, 0.29) is 22.9 Å². The third-order valence-electron chi connectivity index (χ3n) is 3.73. The monoisotopic (exact) mass is 407 g/mol. The predicted molar refractivity (Wildman–Crippen MR) is 80.9 cm³/mol. The molecule has 1 saturated heterocycles. The van der Waals surface area contributed by atoms with Gasteiger partial charge in [0.2, 0.25) is 0 Å². The number of amides is 1. The summed E-state index contributed by atoms with van der Waals surface area (Å²) in [5.74, 6) is -0.209. The van der Waals surface area contributed by atoms with Gasteiger partial charge in [0.1, 0.15) is 4.90 Å². The summed E-state index contributed by atoms with van der Waals surface area (Å²) in [4.78, 5) is 12.5. The summed E-state index contributed by atoms with van der Waals surface area (Å²) in [6, 6.07) is 4.92. The van der Waals surface area contributed by atoms with E-state index in [1.54, 1.807) is 18.2 Å². The maximum absolute atomic E-state index is 12.5. The number of hydrogen-bond donors (Lipinski definition) is 0. The van der Waals surface area contributed by atoms with Gasteiger partial charge in [-0.25, -0.2) is 12.7 Å². The van der Waals surface area contributed by atoms with Crippen LogP contribution in [-0.2, 0) is 14.8 Å². The molecule has 0 aromatic heterocycles. The van der Waals surface area contributed by atoms with Crippen LogP contribution in [0.1, 0.15) is 23.2 Å². The Morgan fingerprint density at radius 2 is 2.00 bits per heavy atom. The van der Waals surface area contributed by atoms with Crippen molar-refractivity contribution in [3.63, 3.8) is 0 Å². The van der Waals surface area contributed by atoms with E-state index in [1.165, 1.54) is 0 Å². The number of halogens is 1. The second-order valence-corrected chi connectivity index (χ2v) is 8.11. The molecule has 5 nitrogen and oxygen atoms in total. The van der Waals surface area contributed by atoms with Crippen LogP contribution < -0.4 is 0 Å². The molecule has 0 saturated carbocycles. The minimum Gasteiger partial charge on any atom is -0.381 e. The lowest BCUT2D eigenvalue weighted by molar-refractivity contribution is 0.0567. The second kappa shape index (κ2) is 5.27. The molecule has 0 aliphatic carbocycles. The number of nitrogens with zero attached hydrogens (tertiary/aromatic N) is 1. The highest BCUT2D eigenvalue weighted by molar-refractivity contribution is 14.1. The first kappa shape index (κ1) is 14.3. The van der Waals surface area contributed by atoms with Gasteiger partial charge in [-0.15, -0.1) is 0 Å². The van der Waals surface area contributed by atoms with Crippen LogP contribution in [-0.4, -0.2) is 38.4 Å². The summed E-state index contributed by atoms with van der Waals surface area (Å²) >= 11 is 2.05. The summed E-state index contributed by atoms with van der Waals surface area (Å²) in [7, 11) is -3.68. The number of carbonyl (C=O) groups is 1. The molecule has 0 radical (unpaired) electrons. The van der Waals surface area contributed by atoms with Crippen molar-refractivity contribution in [3.8, 4) is 0 Å². The van der Waals surface area contributed by atoms with E-state index in [4.69, 9.17) is 4.74 Å². The van der Waals surface area contributed by atoms with E-state index >= 15 is 0 Å². The van der Waals surface area contributed by atoms with Crippen LogP contribution in [0.3, 0.4) is 0 Å². The molecule has 1 fully saturated rings. The molecule has 1 amide bonds. The predicted octanol–water partition coefficient (Wildman–Crippen LogP) is 1.86. The fraction of sp³-hybridized carbons (Fsp3) is 0.462. The zero-order valence-corrected chi connectivity index (χ0v) is 13.7. The first-order valence-corrected chi connectivity index (χ1v) is 8.96. The van der Waals surface area contributed by atoms with Crippen LogP contribution >= 0.6 is 22.6 Å². The summed E-state index contributed by atoms with van der Waals surface area (Å²) in [5.41, 5.74) is 0.289. The normalized spacial score (nSPS) is 22.1. The molecule has 0 spiro atoms. The Balaban J connectivity index is 1.92. The minimum absolute atomic E-state index is 0.140. The van der Waals surface area contributed by atoms with Crippen LogP contribution in [0, 0.1) is 9.49 Å². The molecule has 2 aliphatic rings. The van der Waals surface area contributed by atoms with Gasteiger partial charge in [0.15, 0.2) is 0 Å². The highest BCUT2D eigenvalue weighted by Crippen LogP contribution is 2.33. The van der Waals surface area contributed by atoms with Gasteiger partial charge < -0.3 is 4.74 Å². The Kier molecular flexibility index (Phi) is 3.76. The Bertz CT molecular complexity index is 652. The van der Waals surface area contributed by atoms with Crippen molar-refractivity contribution in [1.29, 1.82) is 0 Å². The maximum atomic E-state index is 12.5. The Morgan fingerprint density at radius 1 is 1.30 bits per heavy atom. The summed E-state index contributed by atoms with van der Waals surface area (Å²) in [6.45, 7) is 1.53. The van der Waals surface area contributed by atoms with Crippen molar-refractivity contribution in [2.75, 3.05) is 19.8 Å². The Labute approximate surface area is 131 Å². The Hall–Kier alpha value is -0.670. The van der Waals surface area contributed by atoms with Crippen LogP contribution in [0.5, 0.6) is 0 Å². The molecule has 108 valence electrons. The number of hydrogen-bond acceptors (Lipinski definition) is 4. The third-order valence-corrected chi connectivity index (χ3v) is 6.19. The lowest BCUT2D eigenvalue weighted by Crippen LogP contribution is -2.36. The quantitative estimate of drug-likeness (QED) is 0.703. The second-order valence-electron chi connectivity index (χ2n) is 5.04. The van der Waals surface area contributed by atoms with Crippen molar-refractivity contribution in [2.24, 2.45) is 5.92 Å². The van der Waals surface area contributed by atoms with Crippen molar-refractivity contribution in [2.45, 2.75) is 17.7 Å². The largest absolute Gasteiger partial charge is 0.381 e. The zero-order chi connectivity index (χ0) is 14.3. The van der Waals surface area contributed by atoms with Crippen LogP contribution in [0.25, 0.3) is 0 Å². The molecule has 1 aromatic carbocycles. The zero-order valence-electron chi connectivity index (χ0n) is 10.7. The fourth-order valence-corrected chi connectivity index (χ4v) is 4.97. The molecule has 2 heterocycles. The average molecular weight is 407 g/mol. The molecule has 20 heavy (non-hydrogen) atoms. The van der Waals surface area contributed by atoms with Gasteiger partial charge in [-0.1, -0.05) is 0 Å². The van der Waals surface area contributed by atoms with Crippen LogP contribution in [0.2, 0.25) is 0 Å². The fourth-order valence-electron chi connectivity index (χ4n) is 2.59. The number of sulfonamides is 1. The molecule has 0 bridgehead atoms. The number of benzene rings is 1. The lowest BCUT2D eigenvalue weighted by Gasteiger charge is -2.26. The van der Waals surface area contributed by atoms with Crippen molar-refractivity contribution in [3.05, 3.63) is 27.3 Å². The van der Waals surface area contributed by atoms with E-state index in [2.05, 4.69) is 0 Å². The molecule has 0 N–H and O–H groups in total. The number of fused-ring (bicyclic) bond motifs is 1. The molecule has 0 unspecified atom stereocenters. The smallest absolute Gasteiger partial charge is 0.269 e. The number of rotatable bonds is 2. The van der Waals surface area contributed by atoms with E-state index in [0.717, 1.165) is 20.7 Å². The molecule has 2 aliphatic heterocycles. The number of carbonyl (C=O) groups excluding carboxylic acids is 1. The summed E-state index contributed by atoms with van der Waals surface area (Å²) in [6.07, 6.45) is 1.60. The lowest BCUT2D eigenvalue weighted by atomic mass is 10.0. The molecule has 7 heteroatoms. The third kappa shape index (κ3) is 2.35. The standard InChI is InChI=1S/C13H14INO4S/c14-10-1-2-11-12(7-10)20(17,18)15(13(11)16)8-9-3-5-19-6-4-9/h1-2,7,9H,3-6,8H2. The van der Waals surface area contributed by atoms with Gasteiger partial charge in [-0.05, 0) is 59.5 Å². The number of ether oxygens (including phenoxy) is 1. The van der Waals surface area contributed by atoms with E-state index < -0.39 is 15.9 Å². The average Bonchev–Trinajstić information content (AvgIpc) is 2.61.